The third-order valence-corrected chi connectivity index (χ3v) is 5.82. The summed E-state index contributed by atoms with van der Waals surface area (Å²) >= 11 is 9.68. The molecule has 3 heteroatoms. The molecule has 0 aliphatic rings. The highest BCUT2D eigenvalue weighted by atomic mass is 79.9. The van der Waals surface area contributed by atoms with Gasteiger partial charge >= 0.3 is 0 Å². The maximum atomic E-state index is 13.4. The smallest absolute Gasteiger partial charge is 0.141 e. The Balaban J connectivity index is 2.63. The summed E-state index contributed by atoms with van der Waals surface area (Å²) in [5.74, 6) is -0.384. The summed E-state index contributed by atoms with van der Waals surface area (Å²) in [7, 11) is 0. The Morgan fingerprint density at radius 3 is 1.86 bits per heavy atom. The highest BCUT2D eigenvalue weighted by molar-refractivity contribution is 9.09. The van der Waals surface area contributed by atoms with Crippen LogP contribution in [0, 0.1) is 40.4 Å². The van der Waals surface area contributed by atoms with E-state index in [1.807, 2.05) is 0 Å². The zero-order chi connectivity index (χ0) is 15.9. The van der Waals surface area contributed by atoms with E-state index in [4.69, 9.17) is 11.6 Å². The molecule has 2 aromatic carbocycles. The summed E-state index contributed by atoms with van der Waals surface area (Å²) in [6, 6.07) is 4.90. The fourth-order valence-corrected chi connectivity index (χ4v) is 3.91. The van der Waals surface area contributed by atoms with Crippen LogP contribution in [-0.4, -0.2) is 0 Å². The molecule has 2 aromatic rings. The summed E-state index contributed by atoms with van der Waals surface area (Å²) in [5, 5.41) is 0.160. The molecule has 0 aliphatic heterocycles. The summed E-state index contributed by atoms with van der Waals surface area (Å²) in [6.45, 7) is 10.7. The van der Waals surface area contributed by atoms with E-state index < -0.39 is 0 Å². The molecule has 0 bridgehead atoms. The van der Waals surface area contributed by atoms with Crippen molar-refractivity contribution in [3.63, 3.8) is 0 Å². The van der Waals surface area contributed by atoms with Gasteiger partial charge in [-0.25, -0.2) is 4.39 Å². The van der Waals surface area contributed by atoms with E-state index in [-0.39, 0.29) is 15.7 Å². The third-order valence-electron chi connectivity index (χ3n) is 4.55. The van der Waals surface area contributed by atoms with E-state index in [0.29, 0.717) is 0 Å². The van der Waals surface area contributed by atoms with Crippen LogP contribution in [0.5, 0.6) is 0 Å². The molecule has 0 nitrogen and oxygen atoms in total. The van der Waals surface area contributed by atoms with Gasteiger partial charge in [0.1, 0.15) is 5.82 Å². The quantitative estimate of drug-likeness (QED) is 0.530. The fraction of sp³-hybridized carbons (Fsp3) is 0.333. The predicted octanol–water partition coefficient (Wildman–Crippen LogP) is 6.51. The van der Waals surface area contributed by atoms with Gasteiger partial charge in [-0.1, -0.05) is 33.6 Å². The van der Waals surface area contributed by atoms with Gasteiger partial charge in [-0.3, -0.25) is 0 Å². The maximum absolute atomic E-state index is 13.4. The van der Waals surface area contributed by atoms with Crippen LogP contribution in [-0.2, 0) is 0 Å². The Labute approximate surface area is 139 Å². The number of benzene rings is 2. The topological polar surface area (TPSA) is 0 Å². The van der Waals surface area contributed by atoms with Crippen LogP contribution < -0.4 is 0 Å². The van der Waals surface area contributed by atoms with Crippen molar-refractivity contribution in [2.24, 2.45) is 0 Å². The van der Waals surface area contributed by atoms with Gasteiger partial charge in [-0.2, -0.15) is 0 Å². The van der Waals surface area contributed by atoms with E-state index in [0.717, 1.165) is 5.56 Å². The van der Waals surface area contributed by atoms with Crippen molar-refractivity contribution in [1.82, 2.24) is 0 Å². The summed E-state index contributed by atoms with van der Waals surface area (Å²) in [6.07, 6.45) is 0. The molecule has 2 rings (SSSR count). The van der Waals surface area contributed by atoms with E-state index in [1.54, 1.807) is 12.1 Å². The highest BCUT2D eigenvalue weighted by Crippen LogP contribution is 2.39. The van der Waals surface area contributed by atoms with Crippen LogP contribution in [0.15, 0.2) is 18.2 Å². The van der Waals surface area contributed by atoms with Crippen LogP contribution in [0.2, 0.25) is 5.02 Å². The monoisotopic (exact) mass is 368 g/mol. The van der Waals surface area contributed by atoms with Gasteiger partial charge in [-0.05, 0) is 85.7 Å². The molecule has 0 radical (unpaired) electrons. The molecule has 112 valence electrons. The van der Waals surface area contributed by atoms with Crippen LogP contribution in [0.4, 0.5) is 4.39 Å². The normalized spacial score (nSPS) is 12.6. The van der Waals surface area contributed by atoms with Crippen molar-refractivity contribution in [2.45, 2.75) is 39.4 Å². The minimum absolute atomic E-state index is 0.00796. The molecule has 0 aromatic heterocycles. The van der Waals surface area contributed by atoms with E-state index in [2.05, 4.69) is 50.5 Å². The second-order valence-electron chi connectivity index (χ2n) is 5.57. The first kappa shape index (κ1) is 16.5. The number of rotatable bonds is 2. The SMILES string of the molecule is Cc1c(C)c(C)c(C(Br)c2ccc(F)c(Cl)c2)c(C)c1C. The molecule has 1 unspecified atom stereocenters. The molecule has 0 aliphatic carbocycles. The van der Waals surface area contributed by atoms with Crippen LogP contribution in [0.25, 0.3) is 0 Å². The van der Waals surface area contributed by atoms with E-state index >= 15 is 0 Å². The second kappa shape index (κ2) is 6.10. The minimum atomic E-state index is -0.384. The summed E-state index contributed by atoms with van der Waals surface area (Å²) in [4.78, 5) is 0.00796. The lowest BCUT2D eigenvalue weighted by molar-refractivity contribution is 0.627. The Kier molecular flexibility index (Phi) is 4.79. The van der Waals surface area contributed by atoms with E-state index in [1.165, 1.54) is 39.4 Å². The molecule has 0 fully saturated rings. The van der Waals surface area contributed by atoms with Gasteiger partial charge in [0.15, 0.2) is 0 Å². The van der Waals surface area contributed by atoms with Gasteiger partial charge in [0, 0.05) is 0 Å². The number of hydrogen-bond acceptors (Lipinski definition) is 0. The van der Waals surface area contributed by atoms with Gasteiger partial charge < -0.3 is 0 Å². The van der Waals surface area contributed by atoms with Crippen LogP contribution >= 0.6 is 27.5 Å². The lowest BCUT2D eigenvalue weighted by Crippen LogP contribution is -2.06. The number of hydrogen-bond donors (Lipinski definition) is 0. The molecule has 0 saturated carbocycles. The fourth-order valence-electron chi connectivity index (χ4n) is 2.75. The molecular formula is C18H19BrClF. The van der Waals surface area contributed by atoms with Gasteiger partial charge in [-0.15, -0.1) is 0 Å². The van der Waals surface area contributed by atoms with Gasteiger partial charge in [0.05, 0.1) is 9.85 Å². The van der Waals surface area contributed by atoms with Gasteiger partial charge in [0.2, 0.25) is 0 Å². The predicted molar refractivity (Wildman–Crippen MR) is 92.3 cm³/mol. The van der Waals surface area contributed by atoms with Crippen LogP contribution in [0.3, 0.4) is 0 Å². The first-order chi connectivity index (χ1) is 9.75. The molecule has 0 amide bonds. The average Bonchev–Trinajstić information content (AvgIpc) is 2.46. The number of halogens is 3. The average molecular weight is 370 g/mol. The Morgan fingerprint density at radius 2 is 1.38 bits per heavy atom. The molecule has 0 heterocycles. The largest absolute Gasteiger partial charge is 0.205 e. The Morgan fingerprint density at radius 1 is 0.905 bits per heavy atom. The van der Waals surface area contributed by atoms with E-state index in [9.17, 15) is 4.39 Å². The second-order valence-corrected chi connectivity index (χ2v) is 6.90. The summed E-state index contributed by atoms with van der Waals surface area (Å²) in [5.41, 5.74) is 8.73. The molecule has 0 saturated heterocycles. The first-order valence-corrected chi connectivity index (χ1v) is 8.21. The Hall–Kier alpha value is -0.860. The minimum Gasteiger partial charge on any atom is -0.205 e. The van der Waals surface area contributed by atoms with Crippen LogP contribution in [0.1, 0.15) is 43.8 Å². The number of alkyl halides is 1. The van der Waals surface area contributed by atoms with Crippen molar-refractivity contribution in [1.29, 1.82) is 0 Å². The lowest BCUT2D eigenvalue weighted by atomic mass is 9.87. The van der Waals surface area contributed by atoms with Crippen molar-refractivity contribution < 1.29 is 4.39 Å². The lowest BCUT2D eigenvalue weighted by Gasteiger charge is -2.22. The first-order valence-electron chi connectivity index (χ1n) is 6.91. The molecule has 21 heavy (non-hydrogen) atoms. The van der Waals surface area contributed by atoms with Crippen molar-refractivity contribution in [2.75, 3.05) is 0 Å². The molecular weight excluding hydrogens is 351 g/mol. The van der Waals surface area contributed by atoms with Gasteiger partial charge in [0.25, 0.3) is 0 Å². The molecule has 1 atom stereocenters. The highest BCUT2D eigenvalue weighted by Gasteiger charge is 2.20. The standard InChI is InChI=1S/C18H19BrClF/c1-9-10(2)12(4)17(13(5)11(9)3)18(19)14-6-7-16(21)15(20)8-14/h6-8,18H,1-5H3. The van der Waals surface area contributed by atoms with Crippen molar-refractivity contribution in [3.8, 4) is 0 Å². The molecule has 0 N–H and O–H groups in total. The van der Waals surface area contributed by atoms with Crippen molar-refractivity contribution >= 4 is 27.5 Å². The summed E-state index contributed by atoms with van der Waals surface area (Å²) < 4.78 is 13.4. The zero-order valence-corrected chi connectivity index (χ0v) is 15.3. The van der Waals surface area contributed by atoms with Crippen molar-refractivity contribution in [3.05, 3.63) is 68.0 Å². The Bertz CT molecular complexity index is 678. The third kappa shape index (κ3) is 2.89. The maximum Gasteiger partial charge on any atom is 0.141 e. The molecule has 0 spiro atoms. The zero-order valence-electron chi connectivity index (χ0n) is 12.9.